The van der Waals surface area contributed by atoms with Crippen LogP contribution in [0.15, 0.2) is 48.6 Å². The average molecular weight is 804 g/mol. The highest BCUT2D eigenvalue weighted by atomic mass is 32.2. The van der Waals surface area contributed by atoms with Crippen molar-refractivity contribution in [2.75, 3.05) is 41.8 Å². The molecule has 15 heteroatoms. The summed E-state index contributed by atoms with van der Waals surface area (Å²) in [6.45, 7) is 8.87. The van der Waals surface area contributed by atoms with Gasteiger partial charge in [-0.3, -0.25) is 43.4 Å². The minimum Gasteiger partial charge on any atom is -0.465 e. The van der Waals surface area contributed by atoms with Gasteiger partial charge < -0.3 is 20.8 Å². The highest BCUT2D eigenvalue weighted by Crippen LogP contribution is 2.49. The lowest BCUT2D eigenvalue weighted by Gasteiger charge is -2.16. The lowest BCUT2D eigenvalue weighted by molar-refractivity contribution is -0.141. The first kappa shape index (κ1) is 42.4. The fraction of sp³-hybridized carbons (Fsp3) is 0.463. The molecular weight excluding hydrogens is 755 g/mol. The van der Waals surface area contributed by atoms with Crippen LogP contribution >= 0.6 is 23.5 Å². The maximum atomic E-state index is 13.3. The monoisotopic (exact) mass is 803 g/mol. The van der Waals surface area contributed by atoms with Crippen LogP contribution in [0.25, 0.3) is 11.1 Å². The normalized spacial score (nSPS) is 18.6. The molecule has 3 N–H and O–H groups in total. The Morgan fingerprint density at radius 1 is 0.804 bits per heavy atom. The van der Waals surface area contributed by atoms with Crippen molar-refractivity contribution in [1.82, 2.24) is 9.80 Å². The summed E-state index contributed by atoms with van der Waals surface area (Å²) >= 11 is 2.88. The van der Waals surface area contributed by atoms with E-state index in [1.807, 2.05) is 19.1 Å². The van der Waals surface area contributed by atoms with Gasteiger partial charge in [0.15, 0.2) is 0 Å². The van der Waals surface area contributed by atoms with E-state index in [1.54, 1.807) is 31.2 Å². The van der Waals surface area contributed by atoms with E-state index in [0.717, 1.165) is 57.7 Å². The number of ether oxygens (including phenoxy) is 1. The second kappa shape index (κ2) is 19.4. The Morgan fingerprint density at radius 2 is 1.39 bits per heavy atom. The molecular formula is C41H49N5O8S2. The van der Waals surface area contributed by atoms with E-state index in [1.165, 1.54) is 35.3 Å². The van der Waals surface area contributed by atoms with Gasteiger partial charge in [0.25, 0.3) is 0 Å². The number of nitrogens with zero attached hydrogens (tertiary/aromatic N) is 2. The molecule has 0 bridgehead atoms. The van der Waals surface area contributed by atoms with Crippen LogP contribution in [0.5, 0.6) is 0 Å². The summed E-state index contributed by atoms with van der Waals surface area (Å²) in [5, 5.41) is 12.5. The molecule has 1 aliphatic carbocycles. The number of hydrogen-bond donors (Lipinski definition) is 3. The van der Waals surface area contributed by atoms with E-state index in [9.17, 15) is 33.6 Å². The van der Waals surface area contributed by atoms with Gasteiger partial charge in [-0.05, 0) is 85.9 Å². The van der Waals surface area contributed by atoms with Gasteiger partial charge in [-0.15, -0.1) is 30.1 Å². The number of carbonyl (C=O) groups excluding carboxylic acids is 7. The van der Waals surface area contributed by atoms with Crippen LogP contribution in [-0.4, -0.2) is 98.6 Å². The number of allylic oxidation sites excluding steroid dienone is 1. The summed E-state index contributed by atoms with van der Waals surface area (Å²) < 4.78 is 5.44. The number of thioether (sulfide) groups is 2. The van der Waals surface area contributed by atoms with Crippen LogP contribution in [0.1, 0.15) is 89.2 Å². The van der Waals surface area contributed by atoms with Crippen molar-refractivity contribution in [3.8, 4) is 11.1 Å². The molecule has 2 heterocycles. The van der Waals surface area contributed by atoms with E-state index in [0.29, 0.717) is 29.3 Å². The highest BCUT2D eigenvalue weighted by Gasteiger charge is 2.40. The largest absolute Gasteiger partial charge is 0.465 e. The summed E-state index contributed by atoms with van der Waals surface area (Å²) in [4.78, 5) is 91.7. The summed E-state index contributed by atoms with van der Waals surface area (Å²) in [6, 6.07) is 10.8. The van der Waals surface area contributed by atoms with Crippen LogP contribution in [0.2, 0.25) is 0 Å². The number of rotatable bonds is 20. The number of fused-ring (bicyclic) bond motifs is 3. The number of esters is 1. The fourth-order valence-electron chi connectivity index (χ4n) is 7.03. The molecule has 5 rings (SSSR count). The Kier molecular flexibility index (Phi) is 14.7. The fourth-order valence-corrected chi connectivity index (χ4v) is 9.28. The Labute approximate surface area is 335 Å². The summed E-state index contributed by atoms with van der Waals surface area (Å²) in [7, 11) is 0. The Morgan fingerprint density at radius 3 is 1.96 bits per heavy atom. The van der Waals surface area contributed by atoms with Crippen molar-refractivity contribution in [1.29, 1.82) is 5.41 Å². The predicted molar refractivity (Wildman–Crippen MR) is 219 cm³/mol. The number of benzene rings is 2. The smallest absolute Gasteiger partial charge is 0.302 e. The molecule has 0 radical (unpaired) electrons. The third-order valence-corrected chi connectivity index (χ3v) is 12.4. The molecule has 13 nitrogen and oxygen atoms in total. The second-order valence-electron chi connectivity index (χ2n) is 14.4. The zero-order chi connectivity index (χ0) is 40.5. The highest BCUT2D eigenvalue weighted by molar-refractivity contribution is 8.00. The number of hydrogen-bond acceptors (Lipinski definition) is 11. The van der Waals surface area contributed by atoms with Crippen LogP contribution in [0.4, 0.5) is 11.4 Å². The average Bonchev–Trinajstić information content (AvgIpc) is 3.71. The van der Waals surface area contributed by atoms with Gasteiger partial charge >= 0.3 is 5.97 Å². The van der Waals surface area contributed by atoms with E-state index in [-0.39, 0.29) is 80.8 Å². The maximum Gasteiger partial charge on any atom is 0.302 e. The zero-order valence-electron chi connectivity index (χ0n) is 32.1. The quantitative estimate of drug-likeness (QED) is 0.0478. The molecule has 2 saturated heterocycles. The molecule has 2 aromatic rings. The first-order chi connectivity index (χ1) is 26.7. The molecule has 3 atom stereocenters. The molecule has 0 spiro atoms. The van der Waals surface area contributed by atoms with E-state index < -0.39 is 22.4 Å². The molecule has 0 saturated carbocycles. The van der Waals surface area contributed by atoms with Crippen molar-refractivity contribution in [3.63, 3.8) is 0 Å². The summed E-state index contributed by atoms with van der Waals surface area (Å²) in [6.07, 6.45) is 3.20. The van der Waals surface area contributed by atoms with Gasteiger partial charge in [-0.1, -0.05) is 23.8 Å². The first-order valence-electron chi connectivity index (χ1n) is 18.8. The second-order valence-corrected chi connectivity index (χ2v) is 17.0. The van der Waals surface area contributed by atoms with Crippen LogP contribution in [-0.2, 0) is 38.3 Å². The van der Waals surface area contributed by atoms with Crippen LogP contribution in [0, 0.1) is 5.41 Å². The molecule has 3 unspecified atom stereocenters. The topological polar surface area (TPSA) is 183 Å². The lowest BCUT2D eigenvalue weighted by Crippen LogP contribution is -2.34. The van der Waals surface area contributed by atoms with Crippen LogP contribution < -0.4 is 10.6 Å². The van der Waals surface area contributed by atoms with Gasteiger partial charge in [0.2, 0.25) is 35.4 Å². The van der Waals surface area contributed by atoms with Crippen molar-refractivity contribution >= 4 is 82.0 Å². The van der Waals surface area contributed by atoms with E-state index in [2.05, 4.69) is 17.2 Å². The van der Waals surface area contributed by atoms with Gasteiger partial charge in [0.05, 0.1) is 10.5 Å². The first-order valence-corrected chi connectivity index (χ1v) is 20.9. The van der Waals surface area contributed by atoms with E-state index in [4.69, 9.17) is 10.1 Å². The van der Waals surface area contributed by atoms with Gasteiger partial charge in [0.1, 0.15) is 6.61 Å². The molecule has 56 heavy (non-hydrogen) atoms. The molecule has 2 aliphatic heterocycles. The summed E-state index contributed by atoms with van der Waals surface area (Å²) in [5.41, 5.74) is 5.72. The number of amides is 6. The van der Waals surface area contributed by atoms with Gasteiger partial charge in [-0.25, -0.2) is 0 Å². The summed E-state index contributed by atoms with van der Waals surface area (Å²) in [5.74, 6) is -1.35. The maximum absolute atomic E-state index is 13.3. The Balaban J connectivity index is 1.21. The molecule has 2 fully saturated rings. The van der Waals surface area contributed by atoms with Crippen molar-refractivity contribution < 1.29 is 38.3 Å². The molecule has 298 valence electrons. The van der Waals surface area contributed by atoms with Gasteiger partial charge in [0, 0.05) is 74.3 Å². The van der Waals surface area contributed by atoms with Crippen molar-refractivity contribution in [2.24, 2.45) is 0 Å². The van der Waals surface area contributed by atoms with Crippen LogP contribution in [0.3, 0.4) is 0 Å². The molecule has 6 amide bonds. The Bertz CT molecular complexity index is 1930. The third kappa shape index (κ3) is 10.8. The van der Waals surface area contributed by atoms with Crippen molar-refractivity contribution in [2.45, 2.75) is 88.6 Å². The number of imide groups is 2. The molecule has 3 aliphatic rings. The lowest BCUT2D eigenvalue weighted by atomic mass is 9.97. The zero-order valence-corrected chi connectivity index (χ0v) is 33.7. The SMILES string of the molecule is C=C(C)CCCSC1CC(=O)N(CCC(=O)Nc2cccc3c2-c2ccc(NC(=O)CCN4C(=O)CC(SCCCC(C)=N)C4=O)cc2C3COC(C)=O)C1=O. The van der Waals surface area contributed by atoms with E-state index >= 15 is 0 Å². The number of anilines is 2. The van der Waals surface area contributed by atoms with Crippen molar-refractivity contribution in [3.05, 3.63) is 59.7 Å². The number of carbonyl (C=O) groups is 7. The Hall–Kier alpha value is -4.76. The minimum absolute atomic E-state index is 0.0228. The minimum atomic E-state index is -0.476. The predicted octanol–water partition coefficient (Wildman–Crippen LogP) is 5.92. The number of nitrogens with one attached hydrogen (secondary N) is 3. The third-order valence-electron chi connectivity index (χ3n) is 9.79. The number of likely N-dealkylation sites (tertiary alicyclic amines) is 2. The van der Waals surface area contributed by atoms with Gasteiger partial charge in [-0.2, -0.15) is 0 Å². The molecule has 0 aromatic heterocycles. The standard InChI is InChI=1S/C41H49N5O8S2/c1-24(2)8-6-18-55-33-21-38(51)46(40(33)52)17-15-36(49)44-32-11-5-10-28-31(23-54-26(4)47)30-20-27(12-13-29(30)39(28)32)43-35(48)14-16-45-37(50)22-34(41(45)53)56-19-7-9-25(3)42/h5,10-13,20,31,33-34,42H,1,6-9,14-19,21-23H2,2-4H3,(H,43,48)(H,44,49). The molecule has 2 aromatic carbocycles.